The summed E-state index contributed by atoms with van der Waals surface area (Å²) in [6, 6.07) is 18.3. The average Bonchev–Trinajstić information content (AvgIpc) is 3.62. The first kappa shape index (κ1) is 25.8. The van der Waals surface area contributed by atoms with Crippen LogP contribution >= 0.6 is 0 Å². The van der Waals surface area contributed by atoms with E-state index in [0.29, 0.717) is 6.54 Å². The SMILES string of the molecule is CC1OCCO1.COc1ccc(N(Cc2cccnc2)c2ccc(OC)c(OC3CCCC3)c2)cc1. The molecular formula is C29H36N2O5. The van der Waals surface area contributed by atoms with Gasteiger partial charge in [0.1, 0.15) is 5.75 Å². The predicted octanol–water partition coefficient (Wildman–Crippen LogP) is 6.14. The van der Waals surface area contributed by atoms with E-state index < -0.39 is 0 Å². The van der Waals surface area contributed by atoms with Crippen LogP contribution in [0.4, 0.5) is 11.4 Å². The minimum absolute atomic E-state index is 0.0463. The Hall–Kier alpha value is -3.29. The summed E-state index contributed by atoms with van der Waals surface area (Å²) in [5.41, 5.74) is 3.23. The van der Waals surface area contributed by atoms with E-state index in [0.717, 1.165) is 60.2 Å². The average molecular weight is 493 g/mol. The summed E-state index contributed by atoms with van der Waals surface area (Å²) >= 11 is 0. The number of benzene rings is 2. The van der Waals surface area contributed by atoms with Crippen LogP contribution in [0, 0.1) is 0 Å². The Morgan fingerprint density at radius 1 is 0.889 bits per heavy atom. The predicted molar refractivity (Wildman–Crippen MR) is 140 cm³/mol. The Balaban J connectivity index is 0.000000445. The fraction of sp³-hybridized carbons (Fsp3) is 0.414. The van der Waals surface area contributed by atoms with Crippen LogP contribution in [0.3, 0.4) is 0 Å². The summed E-state index contributed by atoms with van der Waals surface area (Å²) in [6.45, 7) is 4.12. The van der Waals surface area contributed by atoms with Gasteiger partial charge in [-0.1, -0.05) is 6.07 Å². The smallest absolute Gasteiger partial charge is 0.163 e. The normalized spacial score (nSPS) is 15.8. The largest absolute Gasteiger partial charge is 0.497 e. The Morgan fingerprint density at radius 3 is 2.19 bits per heavy atom. The number of hydrogen-bond acceptors (Lipinski definition) is 7. The van der Waals surface area contributed by atoms with Crippen molar-refractivity contribution in [1.29, 1.82) is 0 Å². The molecule has 2 aliphatic rings. The van der Waals surface area contributed by atoms with Crippen LogP contribution in [-0.4, -0.2) is 44.8 Å². The fourth-order valence-electron chi connectivity index (χ4n) is 4.36. The van der Waals surface area contributed by atoms with Crippen molar-refractivity contribution >= 4 is 11.4 Å². The molecule has 1 aliphatic carbocycles. The molecule has 0 atom stereocenters. The van der Waals surface area contributed by atoms with Crippen molar-refractivity contribution in [3.63, 3.8) is 0 Å². The molecule has 0 N–H and O–H groups in total. The topological polar surface area (TPSA) is 62.3 Å². The molecule has 36 heavy (non-hydrogen) atoms. The quantitative estimate of drug-likeness (QED) is 0.374. The molecule has 5 rings (SSSR count). The van der Waals surface area contributed by atoms with Crippen LogP contribution in [0.1, 0.15) is 38.2 Å². The van der Waals surface area contributed by atoms with Crippen molar-refractivity contribution in [3.05, 3.63) is 72.6 Å². The molecule has 1 saturated carbocycles. The number of methoxy groups -OCH3 is 2. The Bertz CT molecular complexity index is 1050. The lowest BCUT2D eigenvalue weighted by atomic mass is 10.1. The lowest BCUT2D eigenvalue weighted by Crippen LogP contribution is -2.17. The van der Waals surface area contributed by atoms with Gasteiger partial charge in [0.2, 0.25) is 0 Å². The molecule has 3 aromatic rings. The van der Waals surface area contributed by atoms with Gasteiger partial charge in [0.25, 0.3) is 0 Å². The van der Waals surface area contributed by atoms with Crippen molar-refractivity contribution < 1.29 is 23.7 Å². The molecule has 1 aromatic heterocycles. The van der Waals surface area contributed by atoms with Crippen LogP contribution in [-0.2, 0) is 16.0 Å². The third-order valence-corrected chi connectivity index (χ3v) is 6.29. The molecule has 7 heteroatoms. The molecule has 1 aliphatic heterocycles. The van der Waals surface area contributed by atoms with Gasteiger partial charge in [-0.05, 0) is 80.6 Å². The first-order valence-corrected chi connectivity index (χ1v) is 12.5. The van der Waals surface area contributed by atoms with Crippen LogP contribution in [0.25, 0.3) is 0 Å². The van der Waals surface area contributed by atoms with E-state index in [1.165, 1.54) is 12.8 Å². The van der Waals surface area contributed by atoms with E-state index >= 15 is 0 Å². The molecule has 0 bridgehead atoms. The van der Waals surface area contributed by atoms with Crippen molar-refractivity contribution in [3.8, 4) is 17.2 Å². The molecule has 2 heterocycles. The molecule has 192 valence electrons. The molecule has 0 radical (unpaired) electrons. The van der Waals surface area contributed by atoms with Crippen molar-refractivity contribution in [2.24, 2.45) is 0 Å². The van der Waals surface area contributed by atoms with Crippen molar-refractivity contribution in [1.82, 2.24) is 4.98 Å². The molecule has 0 amide bonds. The van der Waals surface area contributed by atoms with Gasteiger partial charge in [0.15, 0.2) is 17.8 Å². The zero-order chi connectivity index (χ0) is 25.2. The number of ether oxygens (including phenoxy) is 5. The van der Waals surface area contributed by atoms with Gasteiger partial charge in [0.05, 0.1) is 33.5 Å². The summed E-state index contributed by atoms with van der Waals surface area (Å²) in [5, 5.41) is 0. The summed E-state index contributed by atoms with van der Waals surface area (Å²) in [4.78, 5) is 6.52. The second kappa shape index (κ2) is 13.1. The Kier molecular flexibility index (Phi) is 9.41. The second-order valence-electron chi connectivity index (χ2n) is 8.81. The first-order chi connectivity index (χ1) is 17.7. The fourth-order valence-corrected chi connectivity index (χ4v) is 4.36. The molecule has 7 nitrogen and oxygen atoms in total. The first-order valence-electron chi connectivity index (χ1n) is 12.5. The van der Waals surface area contributed by atoms with E-state index in [1.54, 1.807) is 20.4 Å². The number of rotatable bonds is 8. The highest BCUT2D eigenvalue weighted by molar-refractivity contribution is 5.67. The summed E-state index contributed by atoms with van der Waals surface area (Å²) in [6.07, 6.45) is 8.67. The minimum atomic E-state index is 0.0463. The van der Waals surface area contributed by atoms with Crippen LogP contribution < -0.4 is 19.1 Å². The monoisotopic (exact) mass is 492 g/mol. The lowest BCUT2D eigenvalue weighted by Gasteiger charge is -2.27. The van der Waals surface area contributed by atoms with Gasteiger partial charge < -0.3 is 28.6 Å². The number of hydrogen-bond donors (Lipinski definition) is 0. The lowest BCUT2D eigenvalue weighted by molar-refractivity contribution is -0.0254. The summed E-state index contributed by atoms with van der Waals surface area (Å²) in [5.74, 6) is 2.40. The maximum atomic E-state index is 6.33. The standard InChI is InChI=1S/C25H28N2O3.C4H8O2/c1-28-22-12-9-20(10-13-22)27(18-19-6-5-15-26-17-19)21-11-14-24(29-2)25(16-21)30-23-7-3-4-8-23;1-4-5-2-3-6-4/h5-6,9-17,23H,3-4,7-8,18H2,1-2H3;4H,2-3H2,1H3. The Morgan fingerprint density at radius 2 is 1.61 bits per heavy atom. The van der Waals surface area contributed by atoms with E-state index in [1.807, 2.05) is 37.4 Å². The number of anilines is 2. The zero-order valence-electron chi connectivity index (χ0n) is 21.4. The van der Waals surface area contributed by atoms with E-state index in [4.69, 9.17) is 23.7 Å². The summed E-state index contributed by atoms with van der Waals surface area (Å²) < 4.78 is 27.1. The van der Waals surface area contributed by atoms with Crippen LogP contribution in [0.15, 0.2) is 67.0 Å². The van der Waals surface area contributed by atoms with E-state index in [-0.39, 0.29) is 12.4 Å². The molecular weight excluding hydrogens is 456 g/mol. The number of pyridine rings is 1. The third-order valence-electron chi connectivity index (χ3n) is 6.29. The molecule has 1 saturated heterocycles. The highest BCUT2D eigenvalue weighted by Gasteiger charge is 2.20. The maximum Gasteiger partial charge on any atom is 0.163 e. The van der Waals surface area contributed by atoms with Crippen LogP contribution in [0.5, 0.6) is 17.2 Å². The second-order valence-corrected chi connectivity index (χ2v) is 8.81. The Labute approximate surface area is 213 Å². The van der Waals surface area contributed by atoms with Gasteiger partial charge in [-0.3, -0.25) is 4.98 Å². The zero-order valence-corrected chi connectivity index (χ0v) is 21.4. The highest BCUT2D eigenvalue weighted by Crippen LogP contribution is 2.38. The molecule has 0 unspecified atom stereocenters. The van der Waals surface area contributed by atoms with Gasteiger partial charge in [-0.25, -0.2) is 0 Å². The highest BCUT2D eigenvalue weighted by atomic mass is 16.7. The van der Waals surface area contributed by atoms with Crippen molar-refractivity contribution in [2.45, 2.75) is 51.5 Å². The molecule has 2 aromatic carbocycles. The number of nitrogens with zero attached hydrogens (tertiary/aromatic N) is 2. The van der Waals surface area contributed by atoms with Gasteiger partial charge in [0, 0.05) is 36.4 Å². The third kappa shape index (κ3) is 7.12. The van der Waals surface area contributed by atoms with Gasteiger partial charge in [-0.2, -0.15) is 0 Å². The molecule has 0 spiro atoms. The van der Waals surface area contributed by atoms with E-state index in [9.17, 15) is 0 Å². The summed E-state index contributed by atoms with van der Waals surface area (Å²) in [7, 11) is 3.37. The van der Waals surface area contributed by atoms with E-state index in [2.05, 4.69) is 40.2 Å². The van der Waals surface area contributed by atoms with Gasteiger partial charge >= 0.3 is 0 Å². The van der Waals surface area contributed by atoms with Crippen LogP contribution in [0.2, 0.25) is 0 Å². The minimum Gasteiger partial charge on any atom is -0.497 e. The van der Waals surface area contributed by atoms with Crippen molar-refractivity contribution in [2.75, 3.05) is 32.3 Å². The maximum absolute atomic E-state index is 6.33. The molecule has 2 fully saturated rings. The van der Waals surface area contributed by atoms with Gasteiger partial charge in [-0.15, -0.1) is 0 Å². The number of aromatic nitrogens is 1.